The maximum Gasteiger partial charge on any atom is 0.147 e. The van der Waals surface area contributed by atoms with Gasteiger partial charge in [-0.05, 0) is 36.1 Å². The Bertz CT molecular complexity index is 929. The van der Waals surface area contributed by atoms with Crippen LogP contribution >= 0.6 is 11.6 Å². The van der Waals surface area contributed by atoms with Gasteiger partial charge in [0.1, 0.15) is 28.2 Å². The molecule has 1 aromatic heterocycles. The average Bonchev–Trinajstić information content (AvgIpc) is 2.98. The minimum Gasteiger partial charge on any atom is -0.505 e. The monoisotopic (exact) mass is 373 g/mol. The number of ether oxygens (including phenoxy) is 1. The second kappa shape index (κ2) is 7.16. The van der Waals surface area contributed by atoms with Gasteiger partial charge in [0.25, 0.3) is 0 Å². The quantitative estimate of drug-likeness (QED) is 0.620. The summed E-state index contributed by atoms with van der Waals surface area (Å²) in [6, 6.07) is 9.01. The highest BCUT2D eigenvalue weighted by atomic mass is 35.5. The largest absolute Gasteiger partial charge is 0.505 e. The molecule has 6 heteroatoms. The van der Waals surface area contributed by atoms with Gasteiger partial charge in [-0.2, -0.15) is 0 Å². The fraction of sp³-hybridized carbons (Fsp3) is 0.400. The summed E-state index contributed by atoms with van der Waals surface area (Å²) in [5.74, 6) is 0.863. The molecule has 0 spiro atoms. The van der Waals surface area contributed by atoms with E-state index in [-0.39, 0.29) is 11.2 Å². The molecule has 0 fully saturated rings. The number of hydrogen-bond donors (Lipinski definition) is 1. The average molecular weight is 374 g/mol. The van der Waals surface area contributed by atoms with E-state index in [0.717, 1.165) is 18.4 Å². The minimum atomic E-state index is -0.251. The van der Waals surface area contributed by atoms with Crippen LogP contribution in [0.25, 0.3) is 16.7 Å². The number of halogens is 1. The highest BCUT2D eigenvalue weighted by molar-refractivity contribution is 6.31. The van der Waals surface area contributed by atoms with Gasteiger partial charge < -0.3 is 9.84 Å². The minimum absolute atomic E-state index is 0.159. The molecule has 0 aliphatic carbocycles. The lowest BCUT2D eigenvalue weighted by Crippen LogP contribution is -2.14. The molecule has 0 amide bonds. The van der Waals surface area contributed by atoms with E-state index in [4.69, 9.17) is 16.3 Å². The third-order valence-electron chi connectivity index (χ3n) is 4.20. The van der Waals surface area contributed by atoms with Gasteiger partial charge in [-0.1, -0.05) is 45.7 Å². The molecule has 0 radical (unpaired) electrons. The summed E-state index contributed by atoms with van der Waals surface area (Å²) in [6.45, 7) is 8.91. The van der Waals surface area contributed by atoms with E-state index in [0.29, 0.717) is 34.1 Å². The number of phenolic OH excluding ortho intramolecular Hbond substituents is 1. The zero-order valence-corrected chi connectivity index (χ0v) is 16.3. The lowest BCUT2D eigenvalue weighted by Gasteiger charge is -2.23. The van der Waals surface area contributed by atoms with Crippen LogP contribution in [0.3, 0.4) is 0 Å². The maximum absolute atomic E-state index is 10.9. The first kappa shape index (κ1) is 18.5. The van der Waals surface area contributed by atoms with Crippen molar-refractivity contribution in [3.05, 3.63) is 40.9 Å². The third kappa shape index (κ3) is 3.78. The smallest absolute Gasteiger partial charge is 0.147 e. The molecule has 138 valence electrons. The van der Waals surface area contributed by atoms with Crippen LogP contribution in [0.1, 0.15) is 46.1 Å². The topological polar surface area (TPSA) is 60.2 Å². The molecule has 3 rings (SSSR count). The van der Waals surface area contributed by atoms with E-state index in [2.05, 4.69) is 37.9 Å². The van der Waals surface area contributed by atoms with E-state index < -0.39 is 0 Å². The summed E-state index contributed by atoms with van der Waals surface area (Å²) in [5.41, 5.74) is 2.42. The molecule has 1 N–H and O–H groups in total. The van der Waals surface area contributed by atoms with Crippen molar-refractivity contribution in [3.63, 3.8) is 0 Å². The number of hydrogen-bond acceptors (Lipinski definition) is 4. The van der Waals surface area contributed by atoms with E-state index in [1.165, 1.54) is 4.80 Å². The molecule has 0 unspecified atom stereocenters. The number of aromatic hydroxyl groups is 1. The van der Waals surface area contributed by atoms with Crippen LogP contribution in [0.2, 0.25) is 5.02 Å². The van der Waals surface area contributed by atoms with E-state index >= 15 is 0 Å². The summed E-state index contributed by atoms with van der Waals surface area (Å²) in [5, 5.41) is 20.4. The van der Waals surface area contributed by atoms with Gasteiger partial charge in [-0.3, -0.25) is 0 Å². The van der Waals surface area contributed by atoms with Crippen molar-refractivity contribution in [2.24, 2.45) is 0 Å². The molecule has 2 aromatic carbocycles. The number of aromatic nitrogens is 3. The number of fused-ring (bicyclic) bond motifs is 1. The number of phenols is 1. The van der Waals surface area contributed by atoms with Crippen LogP contribution in [0.5, 0.6) is 11.5 Å². The van der Waals surface area contributed by atoms with Gasteiger partial charge in [0.2, 0.25) is 0 Å². The Balaban J connectivity index is 2.12. The first-order chi connectivity index (χ1) is 12.3. The van der Waals surface area contributed by atoms with Gasteiger partial charge in [-0.15, -0.1) is 15.0 Å². The van der Waals surface area contributed by atoms with Gasteiger partial charge >= 0.3 is 0 Å². The van der Waals surface area contributed by atoms with Crippen LogP contribution in [0, 0.1) is 0 Å². The first-order valence-corrected chi connectivity index (χ1v) is 9.20. The summed E-state index contributed by atoms with van der Waals surface area (Å²) >= 11 is 6.04. The van der Waals surface area contributed by atoms with Gasteiger partial charge in [-0.25, -0.2) is 0 Å². The predicted molar refractivity (Wildman–Crippen MR) is 105 cm³/mol. The highest BCUT2D eigenvalue weighted by Gasteiger charge is 2.23. The van der Waals surface area contributed by atoms with Crippen LogP contribution in [-0.2, 0) is 5.41 Å². The van der Waals surface area contributed by atoms with Crippen molar-refractivity contribution in [3.8, 4) is 17.2 Å². The Labute approximate surface area is 158 Å². The lowest BCUT2D eigenvalue weighted by molar-refractivity contribution is 0.307. The molecule has 5 nitrogen and oxygen atoms in total. The van der Waals surface area contributed by atoms with Crippen LogP contribution in [0.4, 0.5) is 0 Å². The summed E-state index contributed by atoms with van der Waals surface area (Å²) in [6.07, 6.45) is 2.04. The molecule has 26 heavy (non-hydrogen) atoms. The predicted octanol–water partition coefficient (Wildman–Crippen LogP) is 5.26. The van der Waals surface area contributed by atoms with Crippen molar-refractivity contribution in [2.45, 2.75) is 46.0 Å². The lowest BCUT2D eigenvalue weighted by atomic mass is 9.86. The molecule has 0 saturated carbocycles. The van der Waals surface area contributed by atoms with Gasteiger partial charge in [0.05, 0.1) is 6.61 Å². The molecular formula is C20H24ClN3O2. The molecule has 0 bridgehead atoms. The van der Waals surface area contributed by atoms with Crippen molar-refractivity contribution in [1.29, 1.82) is 0 Å². The van der Waals surface area contributed by atoms with E-state index in [1.807, 2.05) is 12.1 Å². The molecule has 1 heterocycles. The van der Waals surface area contributed by atoms with Gasteiger partial charge in [0.15, 0.2) is 0 Å². The maximum atomic E-state index is 10.9. The zero-order chi connectivity index (χ0) is 18.9. The Hall–Kier alpha value is -2.27. The van der Waals surface area contributed by atoms with Crippen molar-refractivity contribution in [2.75, 3.05) is 6.61 Å². The third-order valence-corrected chi connectivity index (χ3v) is 4.43. The summed E-state index contributed by atoms with van der Waals surface area (Å²) in [4.78, 5) is 1.44. The number of nitrogens with zero attached hydrogens (tertiary/aromatic N) is 3. The molecule has 0 aliphatic rings. The van der Waals surface area contributed by atoms with Gasteiger partial charge in [0, 0.05) is 16.7 Å². The number of unbranched alkanes of at least 4 members (excludes halogenated alkanes) is 1. The molecule has 0 saturated heterocycles. The molecule has 3 aromatic rings. The molecular weight excluding hydrogens is 350 g/mol. The van der Waals surface area contributed by atoms with Crippen LogP contribution in [0.15, 0.2) is 30.3 Å². The van der Waals surface area contributed by atoms with Crippen LogP contribution < -0.4 is 4.74 Å². The van der Waals surface area contributed by atoms with Crippen molar-refractivity contribution in [1.82, 2.24) is 15.0 Å². The normalized spacial score (nSPS) is 11.9. The zero-order valence-electron chi connectivity index (χ0n) is 15.6. The Morgan fingerprint density at radius 2 is 1.85 bits per heavy atom. The summed E-state index contributed by atoms with van der Waals surface area (Å²) < 4.78 is 5.89. The SMILES string of the molecule is CCCCOc1cc(-n2nc3ccc(Cl)cc3n2)c(O)c(C(C)(C)C)c1. The first-order valence-electron chi connectivity index (χ1n) is 8.83. The molecule has 0 atom stereocenters. The van der Waals surface area contributed by atoms with E-state index in [1.54, 1.807) is 18.2 Å². The Kier molecular flexibility index (Phi) is 5.10. The van der Waals surface area contributed by atoms with Crippen molar-refractivity contribution < 1.29 is 9.84 Å². The fourth-order valence-corrected chi connectivity index (χ4v) is 2.90. The number of rotatable bonds is 5. The Morgan fingerprint density at radius 3 is 2.54 bits per heavy atom. The number of benzene rings is 2. The molecule has 0 aliphatic heterocycles. The highest BCUT2D eigenvalue weighted by Crippen LogP contribution is 2.38. The Morgan fingerprint density at radius 1 is 1.12 bits per heavy atom. The van der Waals surface area contributed by atoms with Crippen LogP contribution in [-0.4, -0.2) is 26.7 Å². The van der Waals surface area contributed by atoms with E-state index in [9.17, 15) is 5.11 Å². The standard InChI is InChI=1S/C20H24ClN3O2/c1-5-6-9-26-14-11-15(20(2,3)4)19(25)18(12-14)24-22-16-8-7-13(21)10-17(16)23-24/h7-8,10-12,25H,5-6,9H2,1-4H3. The summed E-state index contributed by atoms with van der Waals surface area (Å²) in [7, 11) is 0. The second-order valence-electron chi connectivity index (χ2n) is 7.41. The fourth-order valence-electron chi connectivity index (χ4n) is 2.73. The van der Waals surface area contributed by atoms with Crippen molar-refractivity contribution >= 4 is 22.6 Å². The second-order valence-corrected chi connectivity index (χ2v) is 7.85.